The second-order valence-corrected chi connectivity index (χ2v) is 3.55. The van der Waals surface area contributed by atoms with E-state index in [1.165, 1.54) is 25.5 Å². The summed E-state index contributed by atoms with van der Waals surface area (Å²) in [5.41, 5.74) is 0.327. The van der Waals surface area contributed by atoms with Crippen molar-refractivity contribution in [3.05, 3.63) is 30.2 Å². The van der Waals surface area contributed by atoms with Gasteiger partial charge in [0.15, 0.2) is 5.69 Å². The zero-order chi connectivity index (χ0) is 13.8. The van der Waals surface area contributed by atoms with E-state index in [1.54, 1.807) is 0 Å². The van der Waals surface area contributed by atoms with Crippen molar-refractivity contribution in [1.82, 2.24) is 15.3 Å². The Hall–Kier alpha value is -2.90. The third-order valence-corrected chi connectivity index (χ3v) is 2.28. The fourth-order valence-electron chi connectivity index (χ4n) is 1.35. The van der Waals surface area contributed by atoms with Crippen LogP contribution < -0.4 is 5.32 Å². The van der Waals surface area contributed by atoms with Gasteiger partial charge in [-0.05, 0) is 12.1 Å². The monoisotopic (exact) mass is 261 g/mol. The van der Waals surface area contributed by atoms with Crippen LogP contribution in [0.25, 0.3) is 0 Å². The van der Waals surface area contributed by atoms with E-state index in [9.17, 15) is 9.90 Å². The molecule has 0 unspecified atom stereocenters. The van der Waals surface area contributed by atoms with Gasteiger partial charge in [0.1, 0.15) is 17.2 Å². The third-order valence-electron chi connectivity index (χ3n) is 2.28. The van der Waals surface area contributed by atoms with E-state index in [0.717, 1.165) is 6.07 Å². The van der Waals surface area contributed by atoms with E-state index in [0.29, 0.717) is 0 Å². The van der Waals surface area contributed by atoms with Crippen LogP contribution in [0.1, 0.15) is 10.5 Å². The lowest BCUT2D eigenvalue weighted by Crippen LogP contribution is -2.18. The highest BCUT2D eigenvalue weighted by Crippen LogP contribution is 2.31. The van der Waals surface area contributed by atoms with Gasteiger partial charge in [0.25, 0.3) is 5.91 Å². The fourth-order valence-corrected chi connectivity index (χ4v) is 1.35. The summed E-state index contributed by atoms with van der Waals surface area (Å²) in [5.74, 6) is -0.573. The number of aromatic amines is 1. The lowest BCUT2D eigenvalue weighted by Gasteiger charge is -1.98. The van der Waals surface area contributed by atoms with Crippen LogP contribution in [0.3, 0.4) is 0 Å². The van der Waals surface area contributed by atoms with Crippen LogP contribution in [0.2, 0.25) is 0 Å². The number of azo groups is 1. The number of carbonyl (C=O) groups excluding carboxylic acids is 1. The molecular weight excluding hydrogens is 250 g/mol. The van der Waals surface area contributed by atoms with Crippen molar-refractivity contribution >= 4 is 17.4 Å². The molecule has 0 atom stereocenters. The Morgan fingerprint density at radius 2 is 2.16 bits per heavy atom. The summed E-state index contributed by atoms with van der Waals surface area (Å²) in [5, 5.41) is 28.6. The van der Waals surface area contributed by atoms with Crippen LogP contribution in [0, 0.1) is 0 Å². The predicted molar refractivity (Wildman–Crippen MR) is 65.9 cm³/mol. The summed E-state index contributed by atoms with van der Waals surface area (Å²) in [4.78, 5) is 17.9. The Morgan fingerprint density at radius 1 is 1.37 bits per heavy atom. The van der Waals surface area contributed by atoms with Crippen LogP contribution in [0.5, 0.6) is 11.5 Å². The van der Waals surface area contributed by atoms with Gasteiger partial charge in [-0.15, -0.1) is 10.2 Å². The Labute approximate surface area is 107 Å². The number of aromatic hydroxyl groups is 2. The molecule has 2 aromatic rings. The van der Waals surface area contributed by atoms with Crippen molar-refractivity contribution < 1.29 is 15.0 Å². The van der Waals surface area contributed by atoms with Gasteiger partial charge in [0.2, 0.25) is 5.82 Å². The van der Waals surface area contributed by atoms with Crippen LogP contribution >= 0.6 is 0 Å². The Morgan fingerprint density at radius 3 is 2.84 bits per heavy atom. The summed E-state index contributed by atoms with van der Waals surface area (Å²) in [6.45, 7) is 0. The lowest BCUT2D eigenvalue weighted by molar-refractivity contribution is 0.0959. The Balaban J connectivity index is 2.28. The second kappa shape index (κ2) is 5.17. The Kier molecular flexibility index (Phi) is 3.42. The van der Waals surface area contributed by atoms with Crippen molar-refractivity contribution in [3.63, 3.8) is 0 Å². The number of benzene rings is 1. The average Bonchev–Trinajstić information content (AvgIpc) is 2.85. The average molecular weight is 261 g/mol. The lowest BCUT2D eigenvalue weighted by atomic mass is 10.3. The highest BCUT2D eigenvalue weighted by molar-refractivity contribution is 5.95. The van der Waals surface area contributed by atoms with E-state index < -0.39 is 0 Å². The molecule has 1 heterocycles. The summed E-state index contributed by atoms with van der Waals surface area (Å²) in [6.07, 6.45) is 1.32. The fraction of sp³-hybridized carbons (Fsp3) is 0.0909. The number of nitrogens with one attached hydrogen (secondary N) is 2. The van der Waals surface area contributed by atoms with Gasteiger partial charge in [0, 0.05) is 13.1 Å². The topological polar surface area (TPSA) is 123 Å². The number of hydrogen-bond acceptors (Lipinski definition) is 6. The summed E-state index contributed by atoms with van der Waals surface area (Å²) in [6, 6.07) is 3.89. The van der Waals surface area contributed by atoms with Gasteiger partial charge in [-0.25, -0.2) is 4.98 Å². The van der Waals surface area contributed by atoms with Gasteiger partial charge in [-0.1, -0.05) is 0 Å². The van der Waals surface area contributed by atoms with Gasteiger partial charge < -0.3 is 20.5 Å². The molecule has 0 bridgehead atoms. The first-order chi connectivity index (χ1) is 9.11. The molecular formula is C11H11N5O3. The zero-order valence-corrected chi connectivity index (χ0v) is 9.95. The molecule has 0 fully saturated rings. The number of phenols is 2. The van der Waals surface area contributed by atoms with Gasteiger partial charge in [-0.3, -0.25) is 4.79 Å². The molecule has 0 radical (unpaired) electrons. The molecule has 98 valence electrons. The smallest absolute Gasteiger partial charge is 0.271 e. The van der Waals surface area contributed by atoms with E-state index in [1.807, 2.05) is 0 Å². The normalized spacial score (nSPS) is 10.8. The van der Waals surface area contributed by atoms with Crippen LogP contribution in [-0.4, -0.2) is 33.1 Å². The highest BCUT2D eigenvalue weighted by atomic mass is 16.3. The van der Waals surface area contributed by atoms with Crippen LogP contribution in [0.15, 0.2) is 34.8 Å². The van der Waals surface area contributed by atoms with Crippen LogP contribution in [0.4, 0.5) is 11.5 Å². The standard InChI is InChI=1S/C11H11N5O3/c1-12-11(19)9-10(14-5-13-9)16-15-7-3-2-6(17)4-8(7)18/h2-5,17-18H,1H3,(H,12,19)(H,13,14). The molecule has 0 aliphatic rings. The first-order valence-electron chi connectivity index (χ1n) is 5.31. The number of hydrogen-bond donors (Lipinski definition) is 4. The van der Waals surface area contributed by atoms with Gasteiger partial charge in [0.05, 0.1) is 6.33 Å². The van der Waals surface area contributed by atoms with Crippen molar-refractivity contribution in [2.45, 2.75) is 0 Å². The van der Waals surface area contributed by atoms with Crippen molar-refractivity contribution in [2.24, 2.45) is 10.2 Å². The van der Waals surface area contributed by atoms with E-state index in [4.69, 9.17) is 5.11 Å². The molecule has 0 saturated heterocycles. The van der Waals surface area contributed by atoms with E-state index in [-0.39, 0.29) is 34.6 Å². The number of aromatic nitrogens is 2. The molecule has 0 spiro atoms. The number of nitrogens with zero attached hydrogens (tertiary/aromatic N) is 3. The maximum Gasteiger partial charge on any atom is 0.271 e. The molecule has 0 saturated carbocycles. The molecule has 0 aliphatic carbocycles. The molecule has 4 N–H and O–H groups in total. The highest BCUT2D eigenvalue weighted by Gasteiger charge is 2.12. The SMILES string of the molecule is CNC(=O)c1[nH]cnc1N=Nc1ccc(O)cc1O. The van der Waals surface area contributed by atoms with Crippen molar-refractivity contribution in [2.75, 3.05) is 7.05 Å². The number of amides is 1. The number of H-pyrrole nitrogens is 1. The molecule has 1 aromatic heterocycles. The summed E-state index contributed by atoms with van der Waals surface area (Å²) < 4.78 is 0. The molecule has 19 heavy (non-hydrogen) atoms. The van der Waals surface area contributed by atoms with Crippen molar-refractivity contribution in [3.8, 4) is 11.5 Å². The predicted octanol–water partition coefficient (Wildman–Crippen LogP) is 1.60. The van der Waals surface area contributed by atoms with E-state index in [2.05, 4.69) is 25.5 Å². The van der Waals surface area contributed by atoms with Crippen LogP contribution in [-0.2, 0) is 0 Å². The number of phenolic OH excluding ortho intramolecular Hbond substituents is 2. The molecule has 8 heteroatoms. The maximum atomic E-state index is 11.5. The molecule has 1 amide bonds. The minimum absolute atomic E-state index is 0.0812. The largest absolute Gasteiger partial charge is 0.508 e. The van der Waals surface area contributed by atoms with Gasteiger partial charge in [-0.2, -0.15) is 0 Å². The Bertz CT molecular complexity index is 635. The first-order valence-corrected chi connectivity index (χ1v) is 5.31. The first kappa shape index (κ1) is 12.6. The number of rotatable bonds is 3. The molecule has 8 nitrogen and oxygen atoms in total. The third kappa shape index (κ3) is 2.68. The summed E-state index contributed by atoms with van der Waals surface area (Å²) in [7, 11) is 1.48. The quantitative estimate of drug-likeness (QED) is 0.626. The number of carbonyl (C=O) groups is 1. The maximum absolute atomic E-state index is 11.5. The molecule has 2 rings (SSSR count). The van der Waals surface area contributed by atoms with E-state index >= 15 is 0 Å². The van der Waals surface area contributed by atoms with Gasteiger partial charge >= 0.3 is 0 Å². The minimum Gasteiger partial charge on any atom is -0.508 e. The number of imidazole rings is 1. The minimum atomic E-state index is -0.374. The second-order valence-electron chi connectivity index (χ2n) is 3.55. The van der Waals surface area contributed by atoms with Crippen molar-refractivity contribution in [1.29, 1.82) is 0 Å². The molecule has 1 aromatic carbocycles. The summed E-state index contributed by atoms with van der Waals surface area (Å²) >= 11 is 0. The zero-order valence-electron chi connectivity index (χ0n) is 9.95. The molecule has 0 aliphatic heterocycles.